The molecule has 2 fully saturated rings. The van der Waals surface area contributed by atoms with Crippen LogP contribution in [-0.2, 0) is 14.1 Å². The Labute approximate surface area is 151 Å². The highest BCUT2D eigenvalue weighted by molar-refractivity contribution is 6.62. The third-order valence-electron chi connectivity index (χ3n) is 4.96. The van der Waals surface area contributed by atoms with Gasteiger partial charge >= 0.3 is 19.3 Å². The van der Waals surface area contributed by atoms with E-state index in [1.54, 1.807) is 0 Å². The maximum absolute atomic E-state index is 10.6. The summed E-state index contributed by atoms with van der Waals surface area (Å²) < 4.78 is 43.8. The summed E-state index contributed by atoms with van der Waals surface area (Å²) in [6.45, 7) is 10.5. The first-order valence-electron chi connectivity index (χ1n) is 8.30. The molecule has 1 aromatic carbocycles. The van der Waals surface area contributed by atoms with E-state index >= 15 is 0 Å². The highest BCUT2D eigenvalue weighted by Gasteiger charge is 2.51. The second-order valence-corrected chi connectivity index (χ2v) is 7.41. The number of alkyl halides is 3. The van der Waals surface area contributed by atoms with Gasteiger partial charge in [0.1, 0.15) is 0 Å². The van der Waals surface area contributed by atoms with Crippen molar-refractivity contribution in [2.45, 2.75) is 51.0 Å². The summed E-state index contributed by atoms with van der Waals surface area (Å²) in [5.74, 6) is -2.08. The standard InChI is InChI=1S/C15H22BNO2.C2HF3O2/c1-14(2)15(3,4)19-16(18-14)13-7-5-11(6-8-13)12-9-17-10-12;3-2(4,5)1(6)7/h5-8,12,17H,9-10H2,1-4H3;(H,6,7). The number of carbonyl (C=O) groups is 1. The van der Waals surface area contributed by atoms with Crippen molar-refractivity contribution in [3.63, 3.8) is 0 Å². The molecule has 2 saturated heterocycles. The lowest BCUT2D eigenvalue weighted by Crippen LogP contribution is -2.41. The van der Waals surface area contributed by atoms with Crippen LogP contribution in [0.15, 0.2) is 24.3 Å². The van der Waals surface area contributed by atoms with Crippen molar-refractivity contribution in [1.29, 1.82) is 0 Å². The number of hydrogen-bond acceptors (Lipinski definition) is 4. The van der Waals surface area contributed by atoms with E-state index in [9.17, 15) is 13.2 Å². The molecule has 0 radical (unpaired) electrons. The van der Waals surface area contributed by atoms with Crippen molar-refractivity contribution in [2.24, 2.45) is 0 Å². The Bertz CT molecular complexity index is 626. The van der Waals surface area contributed by atoms with E-state index in [0.29, 0.717) is 5.92 Å². The van der Waals surface area contributed by atoms with Crippen LogP contribution in [0, 0.1) is 0 Å². The fraction of sp³-hybridized carbons (Fsp3) is 0.588. The van der Waals surface area contributed by atoms with Crippen LogP contribution in [0.25, 0.3) is 0 Å². The number of halogens is 3. The Kier molecular flexibility index (Phi) is 5.75. The summed E-state index contributed by atoms with van der Waals surface area (Å²) in [7, 11) is -0.251. The Morgan fingerprint density at radius 1 is 1.12 bits per heavy atom. The molecule has 2 aliphatic heterocycles. The third-order valence-corrected chi connectivity index (χ3v) is 4.96. The van der Waals surface area contributed by atoms with Crippen LogP contribution in [0.5, 0.6) is 0 Å². The second kappa shape index (κ2) is 7.21. The molecule has 2 aliphatic rings. The van der Waals surface area contributed by atoms with Gasteiger partial charge < -0.3 is 19.7 Å². The van der Waals surface area contributed by atoms with E-state index in [4.69, 9.17) is 19.2 Å². The van der Waals surface area contributed by atoms with Crippen molar-refractivity contribution >= 4 is 18.6 Å². The maximum Gasteiger partial charge on any atom is 0.494 e. The topological polar surface area (TPSA) is 67.8 Å². The first-order valence-corrected chi connectivity index (χ1v) is 8.30. The molecule has 2 heterocycles. The molecule has 0 bridgehead atoms. The maximum atomic E-state index is 10.6. The Hall–Kier alpha value is -1.58. The molecule has 0 aromatic heterocycles. The zero-order chi connectivity index (χ0) is 19.8. The SMILES string of the molecule is CC1(C)OB(c2ccc(C3CNC3)cc2)OC1(C)C.O=C(O)C(F)(F)F. The van der Waals surface area contributed by atoms with Crippen LogP contribution < -0.4 is 10.8 Å². The van der Waals surface area contributed by atoms with E-state index in [-0.39, 0.29) is 18.3 Å². The van der Waals surface area contributed by atoms with Gasteiger partial charge in [-0.2, -0.15) is 13.2 Å². The Balaban J connectivity index is 0.000000298. The minimum Gasteiger partial charge on any atom is -0.475 e. The highest BCUT2D eigenvalue weighted by atomic mass is 19.4. The van der Waals surface area contributed by atoms with Crippen molar-refractivity contribution < 1.29 is 32.4 Å². The molecular formula is C17H23BF3NO4. The highest BCUT2D eigenvalue weighted by Crippen LogP contribution is 2.36. The molecule has 26 heavy (non-hydrogen) atoms. The fourth-order valence-electron chi connectivity index (χ4n) is 2.43. The van der Waals surface area contributed by atoms with E-state index in [1.807, 2.05) is 0 Å². The molecule has 0 unspecified atom stereocenters. The molecular weight excluding hydrogens is 350 g/mol. The van der Waals surface area contributed by atoms with Gasteiger partial charge in [-0.15, -0.1) is 0 Å². The minimum absolute atomic E-state index is 0.251. The largest absolute Gasteiger partial charge is 0.494 e. The fourth-order valence-corrected chi connectivity index (χ4v) is 2.43. The molecule has 2 N–H and O–H groups in total. The van der Waals surface area contributed by atoms with Gasteiger partial charge in [0, 0.05) is 19.0 Å². The summed E-state index contributed by atoms with van der Waals surface area (Å²) >= 11 is 0. The van der Waals surface area contributed by atoms with Gasteiger partial charge in [0.15, 0.2) is 0 Å². The van der Waals surface area contributed by atoms with Crippen LogP contribution in [-0.4, -0.2) is 48.7 Å². The quantitative estimate of drug-likeness (QED) is 0.779. The average molecular weight is 373 g/mol. The summed E-state index contributed by atoms with van der Waals surface area (Å²) in [5.41, 5.74) is 1.97. The molecule has 0 aliphatic carbocycles. The number of hydrogen-bond donors (Lipinski definition) is 2. The molecule has 0 spiro atoms. The van der Waals surface area contributed by atoms with E-state index in [2.05, 4.69) is 57.3 Å². The number of carboxylic acid groups (broad SMARTS) is 1. The summed E-state index contributed by atoms with van der Waals surface area (Å²) in [5, 5.41) is 10.4. The monoisotopic (exact) mass is 373 g/mol. The molecule has 0 atom stereocenters. The average Bonchev–Trinajstić information content (AvgIpc) is 2.66. The van der Waals surface area contributed by atoms with Crippen molar-refractivity contribution in [2.75, 3.05) is 13.1 Å². The molecule has 0 amide bonds. The third kappa shape index (κ3) is 4.58. The lowest BCUT2D eigenvalue weighted by molar-refractivity contribution is -0.192. The molecule has 1 aromatic rings. The van der Waals surface area contributed by atoms with Crippen molar-refractivity contribution in [3.8, 4) is 0 Å². The van der Waals surface area contributed by atoms with Gasteiger partial charge in [0.05, 0.1) is 11.2 Å². The van der Waals surface area contributed by atoms with Gasteiger partial charge in [-0.3, -0.25) is 0 Å². The number of rotatable bonds is 2. The first-order chi connectivity index (χ1) is 11.8. The smallest absolute Gasteiger partial charge is 0.475 e. The van der Waals surface area contributed by atoms with Crippen LogP contribution >= 0.6 is 0 Å². The van der Waals surface area contributed by atoms with Gasteiger partial charge in [-0.25, -0.2) is 4.79 Å². The van der Waals surface area contributed by atoms with Gasteiger partial charge in [-0.1, -0.05) is 24.3 Å². The number of nitrogens with one attached hydrogen (secondary N) is 1. The van der Waals surface area contributed by atoms with Crippen LogP contribution in [0.1, 0.15) is 39.2 Å². The first kappa shape index (κ1) is 20.7. The molecule has 144 valence electrons. The van der Waals surface area contributed by atoms with E-state index < -0.39 is 12.1 Å². The molecule has 0 saturated carbocycles. The zero-order valence-electron chi connectivity index (χ0n) is 15.2. The summed E-state index contributed by atoms with van der Waals surface area (Å²) in [6, 6.07) is 8.67. The summed E-state index contributed by atoms with van der Waals surface area (Å²) in [6.07, 6.45) is -5.08. The Morgan fingerprint density at radius 3 is 1.85 bits per heavy atom. The van der Waals surface area contributed by atoms with Crippen molar-refractivity contribution in [1.82, 2.24) is 5.32 Å². The normalized spacial score (nSPS) is 21.6. The van der Waals surface area contributed by atoms with Gasteiger partial charge in [0.25, 0.3) is 0 Å². The zero-order valence-corrected chi connectivity index (χ0v) is 15.2. The minimum atomic E-state index is -5.08. The van der Waals surface area contributed by atoms with Crippen LogP contribution in [0.4, 0.5) is 13.2 Å². The molecule has 9 heteroatoms. The Morgan fingerprint density at radius 2 is 1.54 bits per heavy atom. The number of benzene rings is 1. The van der Waals surface area contributed by atoms with Crippen LogP contribution in [0.2, 0.25) is 0 Å². The number of carboxylic acids is 1. The molecule has 3 rings (SSSR count). The lowest BCUT2D eigenvalue weighted by atomic mass is 9.78. The van der Waals surface area contributed by atoms with E-state index in [1.165, 1.54) is 5.56 Å². The van der Waals surface area contributed by atoms with Gasteiger partial charge in [-0.05, 0) is 38.7 Å². The number of aliphatic carboxylic acids is 1. The van der Waals surface area contributed by atoms with Crippen molar-refractivity contribution in [3.05, 3.63) is 29.8 Å². The lowest BCUT2D eigenvalue weighted by Gasteiger charge is -2.32. The van der Waals surface area contributed by atoms with Gasteiger partial charge in [0.2, 0.25) is 0 Å². The summed E-state index contributed by atoms with van der Waals surface area (Å²) in [4.78, 5) is 8.90. The predicted molar refractivity (Wildman–Crippen MR) is 91.5 cm³/mol. The van der Waals surface area contributed by atoms with Crippen LogP contribution in [0.3, 0.4) is 0 Å². The predicted octanol–water partition coefficient (Wildman–Crippen LogP) is 2.31. The van der Waals surface area contributed by atoms with E-state index in [0.717, 1.165) is 18.6 Å². The molecule has 5 nitrogen and oxygen atoms in total. The second-order valence-electron chi connectivity index (χ2n) is 7.41.